The number of aryl methyl sites for hydroxylation is 1. The van der Waals surface area contributed by atoms with Crippen LogP contribution in [0, 0.1) is 0 Å². The average molecular weight is 365 g/mol. The zero-order chi connectivity index (χ0) is 19.4. The van der Waals surface area contributed by atoms with Crippen molar-refractivity contribution >= 4 is 17.5 Å². The van der Waals surface area contributed by atoms with Gasteiger partial charge in [-0.3, -0.25) is 9.59 Å². The molecule has 1 N–H and O–H groups in total. The van der Waals surface area contributed by atoms with E-state index in [0.29, 0.717) is 12.1 Å². The quantitative estimate of drug-likeness (QED) is 0.886. The van der Waals surface area contributed by atoms with Gasteiger partial charge < -0.3 is 15.1 Å². The number of benzene rings is 2. The Morgan fingerprint density at radius 1 is 1.07 bits per heavy atom. The Hall–Kier alpha value is -2.66. The second-order valence-electron chi connectivity index (χ2n) is 7.25. The lowest BCUT2D eigenvalue weighted by Gasteiger charge is -2.29. The predicted octanol–water partition coefficient (Wildman–Crippen LogP) is 2.94. The molecule has 1 aliphatic heterocycles. The fourth-order valence-electron chi connectivity index (χ4n) is 3.41. The summed E-state index contributed by atoms with van der Waals surface area (Å²) in [6.45, 7) is 3.85. The maximum atomic E-state index is 12.2. The zero-order valence-electron chi connectivity index (χ0n) is 16.3. The van der Waals surface area contributed by atoms with Crippen LogP contribution >= 0.6 is 0 Å². The molecule has 0 aromatic heterocycles. The molecule has 2 aromatic rings. The van der Waals surface area contributed by atoms with Gasteiger partial charge in [0.2, 0.25) is 5.91 Å². The Labute approximate surface area is 161 Å². The van der Waals surface area contributed by atoms with Crippen molar-refractivity contribution in [3.63, 3.8) is 0 Å². The lowest BCUT2D eigenvalue weighted by Crippen LogP contribution is -2.33. The largest absolute Gasteiger partial charge is 0.351 e. The fourth-order valence-corrected chi connectivity index (χ4v) is 3.41. The summed E-state index contributed by atoms with van der Waals surface area (Å²) in [5.74, 6) is 0.0410. The number of hydrogen-bond acceptors (Lipinski definition) is 3. The first-order valence-corrected chi connectivity index (χ1v) is 9.40. The molecular formula is C22H27N3O2. The second kappa shape index (κ2) is 8.35. The smallest absolute Gasteiger partial charge is 0.251 e. The highest BCUT2D eigenvalue weighted by molar-refractivity contribution is 5.95. The molecule has 2 amide bonds. The molecule has 0 unspecified atom stereocenters. The van der Waals surface area contributed by atoms with Crippen LogP contribution in [0.15, 0.2) is 42.5 Å². The van der Waals surface area contributed by atoms with E-state index in [0.717, 1.165) is 42.7 Å². The molecule has 5 heteroatoms. The third-order valence-corrected chi connectivity index (χ3v) is 4.90. The molecule has 2 aromatic carbocycles. The lowest BCUT2D eigenvalue weighted by molar-refractivity contribution is -0.116. The summed E-state index contributed by atoms with van der Waals surface area (Å²) in [6, 6.07) is 13.9. The summed E-state index contributed by atoms with van der Waals surface area (Å²) in [4.78, 5) is 27.9. The Morgan fingerprint density at radius 3 is 2.44 bits per heavy atom. The van der Waals surface area contributed by atoms with Gasteiger partial charge in [0.1, 0.15) is 0 Å². The third-order valence-electron chi connectivity index (χ3n) is 4.90. The molecule has 142 valence electrons. The molecule has 0 aliphatic carbocycles. The van der Waals surface area contributed by atoms with Crippen LogP contribution in [0.5, 0.6) is 0 Å². The van der Waals surface area contributed by atoms with Crippen molar-refractivity contribution in [1.29, 1.82) is 0 Å². The van der Waals surface area contributed by atoms with E-state index in [1.807, 2.05) is 60.3 Å². The number of likely N-dealkylation sites (N-methyl/N-ethyl adjacent to an activating group) is 1. The summed E-state index contributed by atoms with van der Waals surface area (Å²) >= 11 is 0. The second-order valence-corrected chi connectivity index (χ2v) is 7.25. The molecule has 0 radical (unpaired) electrons. The zero-order valence-corrected chi connectivity index (χ0v) is 16.3. The van der Waals surface area contributed by atoms with Crippen LogP contribution in [0.3, 0.4) is 0 Å². The van der Waals surface area contributed by atoms with Gasteiger partial charge in [-0.2, -0.15) is 0 Å². The predicted molar refractivity (Wildman–Crippen MR) is 109 cm³/mol. The normalized spacial score (nSPS) is 13.4. The molecule has 5 nitrogen and oxygen atoms in total. The summed E-state index contributed by atoms with van der Waals surface area (Å²) in [6.07, 6.45) is 1.97. The van der Waals surface area contributed by atoms with Crippen molar-refractivity contribution in [1.82, 2.24) is 10.2 Å². The molecular weight excluding hydrogens is 338 g/mol. The van der Waals surface area contributed by atoms with Gasteiger partial charge >= 0.3 is 0 Å². The highest BCUT2D eigenvalue weighted by Gasteiger charge is 2.20. The van der Waals surface area contributed by atoms with Crippen LogP contribution in [0.25, 0.3) is 11.1 Å². The number of amides is 2. The molecule has 1 aliphatic rings. The minimum absolute atomic E-state index is 0.0501. The third kappa shape index (κ3) is 4.55. The standard InChI is InChI=1S/C22H27N3O2/c1-16(26)25-13-4-5-20-15-19(10-11-21(20)25)17-6-8-18(9-7-17)22(27)23-12-14-24(2)3/h6-11,15H,4-5,12-14H2,1-3H3,(H,23,27). The van der Waals surface area contributed by atoms with E-state index in [1.54, 1.807) is 6.92 Å². The average Bonchev–Trinajstić information content (AvgIpc) is 2.66. The molecule has 0 saturated heterocycles. The Balaban J connectivity index is 1.74. The number of anilines is 1. The number of fused-ring (bicyclic) bond motifs is 1. The van der Waals surface area contributed by atoms with Crippen LogP contribution in [0.4, 0.5) is 5.69 Å². The summed E-state index contributed by atoms with van der Waals surface area (Å²) < 4.78 is 0. The topological polar surface area (TPSA) is 52.7 Å². The highest BCUT2D eigenvalue weighted by atomic mass is 16.2. The monoisotopic (exact) mass is 365 g/mol. The van der Waals surface area contributed by atoms with Gasteiger partial charge in [0.05, 0.1) is 0 Å². The van der Waals surface area contributed by atoms with Crippen molar-refractivity contribution in [2.24, 2.45) is 0 Å². The van der Waals surface area contributed by atoms with E-state index in [-0.39, 0.29) is 11.8 Å². The molecule has 0 saturated carbocycles. The van der Waals surface area contributed by atoms with Crippen molar-refractivity contribution in [3.05, 3.63) is 53.6 Å². The Morgan fingerprint density at radius 2 is 1.78 bits per heavy atom. The minimum Gasteiger partial charge on any atom is -0.351 e. The number of hydrogen-bond donors (Lipinski definition) is 1. The van der Waals surface area contributed by atoms with Gasteiger partial charge in [-0.05, 0) is 67.9 Å². The number of nitrogens with one attached hydrogen (secondary N) is 1. The molecule has 0 atom stereocenters. The number of rotatable bonds is 5. The molecule has 27 heavy (non-hydrogen) atoms. The molecule has 0 bridgehead atoms. The maximum Gasteiger partial charge on any atom is 0.251 e. The van der Waals surface area contributed by atoms with Crippen LogP contribution in [0.2, 0.25) is 0 Å². The van der Waals surface area contributed by atoms with Crippen LogP contribution in [0.1, 0.15) is 29.3 Å². The van der Waals surface area contributed by atoms with E-state index < -0.39 is 0 Å². The maximum absolute atomic E-state index is 12.2. The molecule has 1 heterocycles. The van der Waals surface area contributed by atoms with E-state index >= 15 is 0 Å². The van der Waals surface area contributed by atoms with Gasteiger partial charge in [-0.15, -0.1) is 0 Å². The summed E-state index contributed by atoms with van der Waals surface area (Å²) in [5.41, 5.74) is 5.08. The SMILES string of the molecule is CC(=O)N1CCCc2cc(-c3ccc(C(=O)NCCN(C)C)cc3)ccc21. The summed E-state index contributed by atoms with van der Waals surface area (Å²) in [7, 11) is 3.96. The first-order chi connectivity index (χ1) is 13.0. The van der Waals surface area contributed by atoms with Gasteiger partial charge in [0, 0.05) is 37.8 Å². The fraction of sp³-hybridized carbons (Fsp3) is 0.364. The lowest BCUT2D eigenvalue weighted by atomic mass is 9.95. The van der Waals surface area contributed by atoms with Crippen molar-refractivity contribution in [2.75, 3.05) is 38.6 Å². The van der Waals surface area contributed by atoms with Crippen molar-refractivity contribution < 1.29 is 9.59 Å². The van der Waals surface area contributed by atoms with E-state index in [4.69, 9.17) is 0 Å². The van der Waals surface area contributed by atoms with Crippen LogP contribution in [-0.2, 0) is 11.2 Å². The molecule has 3 rings (SSSR count). The van der Waals surface area contributed by atoms with Crippen molar-refractivity contribution in [2.45, 2.75) is 19.8 Å². The van der Waals surface area contributed by atoms with E-state index in [1.165, 1.54) is 5.56 Å². The molecule has 0 fully saturated rings. The number of nitrogens with zero attached hydrogens (tertiary/aromatic N) is 2. The van der Waals surface area contributed by atoms with Gasteiger partial charge in [-0.1, -0.05) is 18.2 Å². The Bertz CT molecular complexity index is 828. The van der Waals surface area contributed by atoms with Crippen LogP contribution in [-0.4, -0.2) is 50.4 Å². The van der Waals surface area contributed by atoms with Gasteiger partial charge in [0.15, 0.2) is 0 Å². The van der Waals surface area contributed by atoms with Crippen molar-refractivity contribution in [3.8, 4) is 11.1 Å². The first-order valence-electron chi connectivity index (χ1n) is 9.40. The Kier molecular flexibility index (Phi) is 5.91. The van der Waals surface area contributed by atoms with Gasteiger partial charge in [0.25, 0.3) is 5.91 Å². The van der Waals surface area contributed by atoms with E-state index in [9.17, 15) is 9.59 Å². The number of carbonyl (C=O) groups excluding carboxylic acids is 2. The highest BCUT2D eigenvalue weighted by Crippen LogP contribution is 2.31. The first kappa shape index (κ1) is 19.1. The van der Waals surface area contributed by atoms with Crippen LogP contribution < -0.4 is 10.2 Å². The summed E-state index contributed by atoms with van der Waals surface area (Å²) in [5, 5.41) is 2.93. The molecule has 0 spiro atoms. The number of carbonyl (C=O) groups is 2. The minimum atomic E-state index is -0.0501. The van der Waals surface area contributed by atoms with Gasteiger partial charge in [-0.25, -0.2) is 0 Å². The van der Waals surface area contributed by atoms with E-state index in [2.05, 4.69) is 11.4 Å².